The van der Waals surface area contributed by atoms with Gasteiger partial charge in [-0.3, -0.25) is 10.00 Å². The van der Waals surface area contributed by atoms with Crippen LogP contribution in [0.5, 0.6) is 0 Å². The number of nitrogens with zero attached hydrogens (tertiary/aromatic N) is 5. The van der Waals surface area contributed by atoms with E-state index in [-0.39, 0.29) is 11.6 Å². The summed E-state index contributed by atoms with van der Waals surface area (Å²) in [7, 11) is 1.76. The lowest BCUT2D eigenvalue weighted by Crippen LogP contribution is -2.50. The molecule has 1 N–H and O–H groups in total. The summed E-state index contributed by atoms with van der Waals surface area (Å²) in [5.74, 6) is 0.0558. The van der Waals surface area contributed by atoms with Gasteiger partial charge in [-0.25, -0.2) is 18.6 Å². The van der Waals surface area contributed by atoms with E-state index in [4.69, 9.17) is 0 Å². The molecule has 0 atom stereocenters. The molecule has 0 saturated carbocycles. The number of hydrogen-bond acceptors (Lipinski definition) is 4. The van der Waals surface area contributed by atoms with Gasteiger partial charge in [-0.05, 0) is 24.3 Å². The highest BCUT2D eigenvalue weighted by Crippen LogP contribution is 2.24. The summed E-state index contributed by atoms with van der Waals surface area (Å²) < 4.78 is 28.8. The van der Waals surface area contributed by atoms with Gasteiger partial charge in [0.25, 0.3) is 0 Å². The molecule has 1 aromatic carbocycles. The van der Waals surface area contributed by atoms with Crippen LogP contribution in [0, 0.1) is 11.6 Å². The number of nitrogens with one attached hydrogen (secondary N) is 1. The number of rotatable bonds is 3. The maximum absolute atomic E-state index is 14.1. The van der Waals surface area contributed by atoms with E-state index in [0.717, 1.165) is 6.07 Å². The SMILES string of the molecule is Cn1nccc1NC(=O)N1CCN(c2cccc(-c3ccc(F)cc3F)n2)CC1. The van der Waals surface area contributed by atoms with E-state index in [0.29, 0.717) is 43.5 Å². The number of aromatic nitrogens is 3. The molecular formula is C20H20F2N6O. The largest absolute Gasteiger partial charge is 0.353 e. The lowest BCUT2D eigenvalue weighted by atomic mass is 10.1. The van der Waals surface area contributed by atoms with E-state index in [1.165, 1.54) is 12.1 Å². The second-order valence-electron chi connectivity index (χ2n) is 6.75. The van der Waals surface area contributed by atoms with Crippen molar-refractivity contribution in [2.45, 2.75) is 0 Å². The highest BCUT2D eigenvalue weighted by atomic mass is 19.1. The number of hydrogen-bond donors (Lipinski definition) is 1. The van der Waals surface area contributed by atoms with Gasteiger partial charge in [0.1, 0.15) is 23.3 Å². The maximum atomic E-state index is 14.1. The minimum absolute atomic E-state index is 0.177. The number of aryl methyl sites for hydroxylation is 1. The fraction of sp³-hybridized carbons (Fsp3) is 0.250. The number of urea groups is 1. The highest BCUT2D eigenvalue weighted by Gasteiger charge is 2.23. The van der Waals surface area contributed by atoms with Crippen molar-refractivity contribution in [1.82, 2.24) is 19.7 Å². The first-order chi connectivity index (χ1) is 14.0. The molecule has 4 rings (SSSR count). The van der Waals surface area contributed by atoms with Crippen LogP contribution in [-0.4, -0.2) is 51.9 Å². The van der Waals surface area contributed by atoms with Crippen molar-refractivity contribution in [3.63, 3.8) is 0 Å². The number of pyridine rings is 1. The molecule has 1 fully saturated rings. The zero-order valence-electron chi connectivity index (χ0n) is 15.8. The third-order valence-corrected chi connectivity index (χ3v) is 4.89. The summed E-state index contributed by atoms with van der Waals surface area (Å²) in [6.45, 7) is 2.25. The molecular weight excluding hydrogens is 378 g/mol. The average Bonchev–Trinajstić information content (AvgIpc) is 3.12. The monoisotopic (exact) mass is 398 g/mol. The second kappa shape index (κ2) is 7.86. The number of carbonyl (C=O) groups is 1. The Balaban J connectivity index is 1.42. The van der Waals surface area contributed by atoms with E-state index in [1.54, 1.807) is 41.0 Å². The Kier molecular flexibility index (Phi) is 5.11. The third kappa shape index (κ3) is 4.03. The molecule has 3 heterocycles. The topological polar surface area (TPSA) is 66.3 Å². The first-order valence-corrected chi connectivity index (χ1v) is 9.22. The van der Waals surface area contributed by atoms with Crippen LogP contribution in [0.15, 0.2) is 48.7 Å². The van der Waals surface area contributed by atoms with Crippen molar-refractivity contribution >= 4 is 17.7 Å². The summed E-state index contributed by atoms with van der Waals surface area (Å²) in [4.78, 5) is 20.7. The van der Waals surface area contributed by atoms with Crippen LogP contribution < -0.4 is 10.2 Å². The summed E-state index contributed by atoms with van der Waals surface area (Å²) >= 11 is 0. The molecule has 2 aromatic heterocycles. The standard InChI is InChI=1S/C20H20F2N6O/c1-26-18(7-8-23-26)25-20(29)28-11-9-27(10-12-28)19-4-2-3-17(24-19)15-6-5-14(21)13-16(15)22/h2-8,13H,9-12H2,1H3,(H,25,29). The fourth-order valence-electron chi connectivity index (χ4n) is 3.27. The minimum Gasteiger partial charge on any atom is -0.353 e. The Bertz CT molecular complexity index is 1030. The zero-order valence-corrected chi connectivity index (χ0v) is 15.8. The normalized spacial score (nSPS) is 14.2. The highest BCUT2D eigenvalue weighted by molar-refractivity contribution is 5.88. The summed E-state index contributed by atoms with van der Waals surface area (Å²) in [6, 6.07) is 10.3. The Hall–Kier alpha value is -3.49. The van der Waals surface area contributed by atoms with Crippen LogP contribution in [0.1, 0.15) is 0 Å². The van der Waals surface area contributed by atoms with Crippen LogP contribution in [0.2, 0.25) is 0 Å². The van der Waals surface area contributed by atoms with Crippen molar-refractivity contribution in [1.29, 1.82) is 0 Å². The molecule has 1 aliphatic heterocycles. The lowest BCUT2D eigenvalue weighted by molar-refractivity contribution is 0.208. The summed E-state index contributed by atoms with van der Waals surface area (Å²) in [6.07, 6.45) is 1.62. The van der Waals surface area contributed by atoms with Gasteiger partial charge in [0, 0.05) is 50.9 Å². The van der Waals surface area contributed by atoms with Crippen LogP contribution in [0.4, 0.5) is 25.2 Å². The van der Waals surface area contributed by atoms with Crippen molar-refractivity contribution in [2.24, 2.45) is 7.05 Å². The van der Waals surface area contributed by atoms with Gasteiger partial charge < -0.3 is 9.80 Å². The predicted octanol–water partition coefficient (Wildman–Crippen LogP) is 3.11. The van der Waals surface area contributed by atoms with Crippen LogP contribution >= 0.6 is 0 Å². The van der Waals surface area contributed by atoms with Gasteiger partial charge in [-0.2, -0.15) is 5.10 Å². The molecule has 1 aliphatic rings. The van der Waals surface area contributed by atoms with E-state index in [9.17, 15) is 13.6 Å². The molecule has 150 valence electrons. The molecule has 0 bridgehead atoms. The van der Waals surface area contributed by atoms with E-state index in [2.05, 4.69) is 15.4 Å². The molecule has 3 aromatic rings. The second-order valence-corrected chi connectivity index (χ2v) is 6.75. The maximum Gasteiger partial charge on any atom is 0.323 e. The van der Waals surface area contributed by atoms with Gasteiger partial charge in [-0.1, -0.05) is 6.07 Å². The van der Waals surface area contributed by atoms with Gasteiger partial charge in [0.05, 0.1) is 11.9 Å². The predicted molar refractivity (Wildman–Crippen MR) is 106 cm³/mol. The third-order valence-electron chi connectivity index (χ3n) is 4.89. The Labute approximate surface area is 166 Å². The minimum atomic E-state index is -0.647. The van der Waals surface area contributed by atoms with Gasteiger partial charge in [-0.15, -0.1) is 0 Å². The Morgan fingerprint density at radius 3 is 2.55 bits per heavy atom. The smallest absolute Gasteiger partial charge is 0.323 e. The number of carbonyl (C=O) groups excluding carboxylic acids is 1. The quantitative estimate of drug-likeness (QED) is 0.736. The van der Waals surface area contributed by atoms with E-state index < -0.39 is 11.6 Å². The Morgan fingerprint density at radius 2 is 1.86 bits per heavy atom. The first kappa shape index (κ1) is 18.9. The summed E-state index contributed by atoms with van der Waals surface area (Å²) in [5.41, 5.74) is 0.693. The van der Waals surface area contributed by atoms with Gasteiger partial charge in [0.15, 0.2) is 0 Å². The molecule has 0 unspecified atom stereocenters. The zero-order chi connectivity index (χ0) is 20.4. The molecule has 7 nitrogen and oxygen atoms in total. The van der Waals surface area contributed by atoms with Crippen LogP contribution in [0.25, 0.3) is 11.3 Å². The van der Waals surface area contributed by atoms with E-state index >= 15 is 0 Å². The van der Waals surface area contributed by atoms with Crippen molar-refractivity contribution in [2.75, 3.05) is 36.4 Å². The van der Waals surface area contributed by atoms with Crippen molar-refractivity contribution in [3.05, 3.63) is 60.3 Å². The number of amides is 2. The molecule has 9 heteroatoms. The number of anilines is 2. The molecule has 0 aliphatic carbocycles. The van der Waals surface area contributed by atoms with Crippen LogP contribution in [-0.2, 0) is 7.05 Å². The van der Waals surface area contributed by atoms with Gasteiger partial charge >= 0.3 is 6.03 Å². The van der Waals surface area contributed by atoms with E-state index in [1.807, 2.05) is 11.0 Å². The fourth-order valence-corrected chi connectivity index (χ4v) is 3.27. The van der Waals surface area contributed by atoms with Crippen molar-refractivity contribution in [3.8, 4) is 11.3 Å². The molecule has 0 spiro atoms. The first-order valence-electron chi connectivity index (χ1n) is 9.22. The van der Waals surface area contributed by atoms with Crippen molar-refractivity contribution < 1.29 is 13.6 Å². The average molecular weight is 398 g/mol. The number of benzene rings is 1. The summed E-state index contributed by atoms with van der Waals surface area (Å²) in [5, 5.41) is 6.87. The van der Waals surface area contributed by atoms with Gasteiger partial charge in [0.2, 0.25) is 0 Å². The molecule has 1 saturated heterocycles. The molecule has 2 amide bonds. The van der Waals surface area contributed by atoms with Crippen LogP contribution in [0.3, 0.4) is 0 Å². The number of halogens is 2. The molecule has 29 heavy (non-hydrogen) atoms. The lowest BCUT2D eigenvalue weighted by Gasteiger charge is -2.35. The molecule has 0 radical (unpaired) electrons. The Morgan fingerprint density at radius 1 is 1.07 bits per heavy atom. The number of piperazine rings is 1.